The van der Waals surface area contributed by atoms with Crippen LogP contribution in [0.5, 0.6) is 0 Å². The third kappa shape index (κ3) is 3.72. The summed E-state index contributed by atoms with van der Waals surface area (Å²) < 4.78 is 0. The molecule has 0 aromatic rings. The van der Waals surface area contributed by atoms with Crippen LogP contribution in [0, 0.1) is 11.3 Å². The number of aliphatic carboxylic acids is 1. The lowest BCUT2D eigenvalue weighted by Gasteiger charge is -2.32. The standard InChI is InChI=1S/C15H28N2O3/c1-3-15(4-2,10-16)14(20)17-12-9-7-5-6-8-11(12)13(18)19/h11-12H,3-10,16H2,1-2H3,(H,17,20)(H,18,19). The van der Waals surface area contributed by atoms with Crippen LogP contribution in [0.3, 0.4) is 0 Å². The van der Waals surface area contributed by atoms with Crippen LogP contribution >= 0.6 is 0 Å². The summed E-state index contributed by atoms with van der Waals surface area (Å²) in [4.78, 5) is 23.9. The zero-order valence-corrected chi connectivity index (χ0v) is 12.7. The summed E-state index contributed by atoms with van der Waals surface area (Å²) in [6, 6.07) is -0.258. The van der Waals surface area contributed by atoms with Gasteiger partial charge in [-0.3, -0.25) is 9.59 Å². The Morgan fingerprint density at radius 2 is 1.80 bits per heavy atom. The van der Waals surface area contributed by atoms with E-state index in [-0.39, 0.29) is 11.9 Å². The van der Waals surface area contributed by atoms with Gasteiger partial charge in [-0.25, -0.2) is 0 Å². The second kappa shape index (κ2) is 7.62. The zero-order chi connectivity index (χ0) is 15.2. The van der Waals surface area contributed by atoms with Gasteiger partial charge >= 0.3 is 5.97 Å². The Kier molecular flexibility index (Phi) is 6.46. The highest BCUT2D eigenvalue weighted by Crippen LogP contribution is 2.28. The first-order valence-corrected chi connectivity index (χ1v) is 7.74. The highest BCUT2D eigenvalue weighted by molar-refractivity contribution is 5.84. The van der Waals surface area contributed by atoms with Crippen molar-refractivity contribution in [2.24, 2.45) is 17.1 Å². The molecule has 2 unspecified atom stereocenters. The first kappa shape index (κ1) is 17.0. The molecule has 116 valence electrons. The quantitative estimate of drug-likeness (QED) is 0.649. The smallest absolute Gasteiger partial charge is 0.308 e. The lowest BCUT2D eigenvalue weighted by atomic mass is 9.80. The normalized spacial score (nSPS) is 23.9. The molecule has 4 N–H and O–H groups in total. The van der Waals surface area contributed by atoms with E-state index in [1.165, 1.54) is 0 Å². The topological polar surface area (TPSA) is 92.4 Å². The molecule has 0 heterocycles. The fourth-order valence-electron chi connectivity index (χ4n) is 3.05. The van der Waals surface area contributed by atoms with E-state index >= 15 is 0 Å². The molecule has 1 rings (SSSR count). The Labute approximate surface area is 121 Å². The van der Waals surface area contributed by atoms with E-state index in [9.17, 15) is 14.7 Å². The molecule has 0 saturated heterocycles. The van der Waals surface area contributed by atoms with E-state index in [0.29, 0.717) is 25.8 Å². The third-order valence-corrected chi connectivity index (χ3v) is 4.88. The third-order valence-electron chi connectivity index (χ3n) is 4.88. The van der Waals surface area contributed by atoms with Gasteiger partial charge in [-0.2, -0.15) is 0 Å². The molecule has 1 saturated carbocycles. The second-order valence-corrected chi connectivity index (χ2v) is 5.85. The molecule has 0 bridgehead atoms. The molecule has 1 fully saturated rings. The zero-order valence-electron chi connectivity index (χ0n) is 12.7. The van der Waals surface area contributed by atoms with Crippen molar-refractivity contribution in [3.63, 3.8) is 0 Å². The summed E-state index contributed by atoms with van der Waals surface area (Å²) in [7, 11) is 0. The van der Waals surface area contributed by atoms with Gasteiger partial charge < -0.3 is 16.2 Å². The van der Waals surface area contributed by atoms with Gasteiger partial charge in [0.25, 0.3) is 0 Å². The van der Waals surface area contributed by atoms with Crippen molar-refractivity contribution in [2.45, 2.75) is 64.8 Å². The van der Waals surface area contributed by atoms with Crippen LogP contribution in [-0.4, -0.2) is 29.6 Å². The molecule has 1 aliphatic rings. The van der Waals surface area contributed by atoms with Crippen molar-refractivity contribution in [2.75, 3.05) is 6.54 Å². The first-order chi connectivity index (χ1) is 9.50. The molecule has 0 aliphatic heterocycles. The number of hydrogen-bond donors (Lipinski definition) is 3. The number of rotatable bonds is 6. The maximum Gasteiger partial charge on any atom is 0.308 e. The van der Waals surface area contributed by atoms with Crippen molar-refractivity contribution >= 4 is 11.9 Å². The molecule has 0 spiro atoms. The van der Waals surface area contributed by atoms with E-state index in [2.05, 4.69) is 5.32 Å². The molecule has 5 nitrogen and oxygen atoms in total. The SMILES string of the molecule is CCC(CC)(CN)C(=O)NC1CCCCCC1C(=O)O. The number of carboxylic acids is 1. The molecule has 1 aliphatic carbocycles. The predicted octanol–water partition coefficient (Wildman–Crippen LogP) is 1.90. The van der Waals surface area contributed by atoms with E-state index < -0.39 is 17.3 Å². The van der Waals surface area contributed by atoms with Gasteiger partial charge in [-0.15, -0.1) is 0 Å². The van der Waals surface area contributed by atoms with Crippen molar-refractivity contribution in [1.82, 2.24) is 5.32 Å². The number of carbonyl (C=O) groups is 2. The first-order valence-electron chi connectivity index (χ1n) is 7.74. The Balaban J connectivity index is 2.81. The monoisotopic (exact) mass is 284 g/mol. The number of carboxylic acid groups (broad SMARTS) is 1. The number of nitrogens with two attached hydrogens (primary N) is 1. The van der Waals surface area contributed by atoms with Crippen LogP contribution in [0.4, 0.5) is 0 Å². The molecular formula is C15H28N2O3. The summed E-state index contributed by atoms with van der Waals surface area (Å²) in [6.07, 6.45) is 5.69. The van der Waals surface area contributed by atoms with E-state index in [1.54, 1.807) is 0 Å². The lowest BCUT2D eigenvalue weighted by Crippen LogP contribution is -2.51. The molecular weight excluding hydrogens is 256 g/mol. The van der Waals surface area contributed by atoms with Crippen molar-refractivity contribution < 1.29 is 14.7 Å². The fourth-order valence-corrected chi connectivity index (χ4v) is 3.05. The average molecular weight is 284 g/mol. The van der Waals surface area contributed by atoms with Gasteiger partial charge in [-0.05, 0) is 25.7 Å². The van der Waals surface area contributed by atoms with Crippen molar-refractivity contribution in [3.05, 3.63) is 0 Å². The van der Waals surface area contributed by atoms with Gasteiger partial charge in [0.1, 0.15) is 0 Å². The Morgan fingerprint density at radius 1 is 1.20 bits per heavy atom. The molecule has 1 amide bonds. The Morgan fingerprint density at radius 3 is 2.30 bits per heavy atom. The van der Waals surface area contributed by atoms with Crippen LogP contribution in [0.25, 0.3) is 0 Å². The van der Waals surface area contributed by atoms with Gasteiger partial charge in [0, 0.05) is 12.6 Å². The van der Waals surface area contributed by atoms with Crippen LogP contribution in [0.2, 0.25) is 0 Å². The Hall–Kier alpha value is -1.10. The van der Waals surface area contributed by atoms with E-state index in [4.69, 9.17) is 5.73 Å². The summed E-state index contributed by atoms with van der Waals surface area (Å²) in [5, 5.41) is 12.3. The Bertz CT molecular complexity index is 332. The van der Waals surface area contributed by atoms with Crippen LogP contribution < -0.4 is 11.1 Å². The second-order valence-electron chi connectivity index (χ2n) is 5.85. The fraction of sp³-hybridized carbons (Fsp3) is 0.867. The molecule has 0 radical (unpaired) electrons. The van der Waals surface area contributed by atoms with Gasteiger partial charge in [-0.1, -0.05) is 33.1 Å². The summed E-state index contributed by atoms with van der Waals surface area (Å²) in [6.45, 7) is 4.21. The lowest BCUT2D eigenvalue weighted by molar-refractivity contribution is -0.143. The molecule has 0 aromatic heterocycles. The molecule has 20 heavy (non-hydrogen) atoms. The highest BCUT2D eigenvalue weighted by atomic mass is 16.4. The molecule has 0 aromatic carbocycles. The van der Waals surface area contributed by atoms with Crippen LogP contribution in [0.15, 0.2) is 0 Å². The molecule has 2 atom stereocenters. The summed E-state index contributed by atoms with van der Waals surface area (Å²) in [5.41, 5.74) is 5.22. The van der Waals surface area contributed by atoms with Gasteiger partial charge in [0.2, 0.25) is 5.91 Å². The van der Waals surface area contributed by atoms with E-state index in [0.717, 1.165) is 25.7 Å². The van der Waals surface area contributed by atoms with Crippen molar-refractivity contribution in [1.29, 1.82) is 0 Å². The van der Waals surface area contributed by atoms with Crippen LogP contribution in [0.1, 0.15) is 58.8 Å². The summed E-state index contributed by atoms with van der Waals surface area (Å²) >= 11 is 0. The number of hydrogen-bond acceptors (Lipinski definition) is 3. The maximum absolute atomic E-state index is 12.5. The number of nitrogens with one attached hydrogen (secondary N) is 1. The van der Waals surface area contributed by atoms with Crippen molar-refractivity contribution in [3.8, 4) is 0 Å². The minimum Gasteiger partial charge on any atom is -0.481 e. The van der Waals surface area contributed by atoms with E-state index in [1.807, 2.05) is 13.8 Å². The van der Waals surface area contributed by atoms with Gasteiger partial charge in [0.05, 0.1) is 11.3 Å². The van der Waals surface area contributed by atoms with Crippen LogP contribution in [-0.2, 0) is 9.59 Å². The number of amides is 1. The minimum atomic E-state index is -0.802. The predicted molar refractivity (Wildman–Crippen MR) is 78.2 cm³/mol. The minimum absolute atomic E-state index is 0.0804. The molecule has 5 heteroatoms. The summed E-state index contributed by atoms with van der Waals surface area (Å²) in [5.74, 6) is -1.35. The highest BCUT2D eigenvalue weighted by Gasteiger charge is 2.37. The average Bonchev–Trinajstić information content (AvgIpc) is 2.67. The largest absolute Gasteiger partial charge is 0.481 e. The van der Waals surface area contributed by atoms with Gasteiger partial charge in [0.15, 0.2) is 0 Å². The number of carbonyl (C=O) groups excluding carboxylic acids is 1. The maximum atomic E-state index is 12.5.